The quantitative estimate of drug-likeness (QED) is 0.592. The Bertz CT molecular complexity index is 403. The van der Waals surface area contributed by atoms with Gasteiger partial charge in [-0.2, -0.15) is 13.9 Å². The zero-order valence-corrected chi connectivity index (χ0v) is 8.38. The molecule has 16 heavy (non-hydrogen) atoms. The fraction of sp³-hybridized carbons (Fsp3) is 0.500. The Balaban J connectivity index is 3.19. The van der Waals surface area contributed by atoms with Gasteiger partial charge in [0.25, 0.3) is 5.78 Å². The van der Waals surface area contributed by atoms with E-state index in [1.807, 2.05) is 0 Å². The monoisotopic (exact) mass is 240 g/mol. The number of aromatic nitrogens is 2. The molecule has 0 atom stereocenters. The zero-order valence-electron chi connectivity index (χ0n) is 8.38. The molecule has 0 saturated carbocycles. The van der Waals surface area contributed by atoms with E-state index in [4.69, 9.17) is 0 Å². The topological polar surface area (TPSA) is 44.1 Å². The maximum absolute atomic E-state index is 12.8. The molecular weight excluding hydrogens is 232 g/mol. The molecule has 0 aliphatic carbocycles. The molecule has 0 aliphatic rings. The Hall–Kier alpha value is -1.60. The van der Waals surface area contributed by atoms with Crippen LogP contribution in [0.25, 0.3) is 0 Å². The molecule has 0 saturated heterocycles. The van der Waals surface area contributed by atoms with Gasteiger partial charge in [-0.1, -0.05) is 0 Å². The molecule has 0 aromatic carbocycles. The Morgan fingerprint density at radius 2 is 2.12 bits per heavy atom. The van der Waals surface area contributed by atoms with Crippen LogP contribution in [0.1, 0.15) is 10.5 Å². The van der Waals surface area contributed by atoms with Crippen LogP contribution in [0.4, 0.5) is 17.6 Å². The van der Waals surface area contributed by atoms with E-state index < -0.39 is 23.8 Å². The van der Waals surface area contributed by atoms with Crippen molar-refractivity contribution in [2.24, 2.45) is 7.05 Å². The number of ketones is 1. The van der Waals surface area contributed by atoms with E-state index in [-0.39, 0.29) is 5.75 Å². The Morgan fingerprint density at radius 3 is 2.56 bits per heavy atom. The summed E-state index contributed by atoms with van der Waals surface area (Å²) in [5, 5.41) is 3.47. The molecule has 0 unspecified atom stereocenters. The lowest BCUT2D eigenvalue weighted by Gasteiger charge is -2.14. The molecule has 0 amide bonds. The van der Waals surface area contributed by atoms with Gasteiger partial charge in [-0.3, -0.25) is 9.48 Å². The van der Waals surface area contributed by atoms with Crippen LogP contribution in [0.2, 0.25) is 0 Å². The number of alkyl halides is 4. The van der Waals surface area contributed by atoms with Crippen molar-refractivity contribution < 1.29 is 27.1 Å². The number of Topliss-reactive ketones (excluding diaryl/α,β-unsaturated/α-hetero) is 1. The van der Waals surface area contributed by atoms with E-state index in [2.05, 4.69) is 9.84 Å². The molecule has 1 heterocycles. The van der Waals surface area contributed by atoms with Gasteiger partial charge in [0.05, 0.1) is 13.3 Å². The Morgan fingerprint density at radius 1 is 1.56 bits per heavy atom. The van der Waals surface area contributed by atoms with Crippen molar-refractivity contribution >= 4 is 5.78 Å². The Kier molecular flexibility index (Phi) is 3.20. The summed E-state index contributed by atoms with van der Waals surface area (Å²) < 4.78 is 54.9. The Labute approximate surface area is 87.8 Å². The molecule has 0 bridgehead atoms. The first-order chi connectivity index (χ1) is 7.32. The summed E-state index contributed by atoms with van der Waals surface area (Å²) in [6, 6.07) is 0. The van der Waals surface area contributed by atoms with Crippen LogP contribution in [0.3, 0.4) is 0 Å². The van der Waals surface area contributed by atoms with Crippen molar-refractivity contribution in [3.63, 3.8) is 0 Å². The molecule has 0 aliphatic heterocycles. The molecule has 90 valence electrons. The summed E-state index contributed by atoms with van der Waals surface area (Å²) in [6.45, 7) is 0. The molecule has 0 spiro atoms. The third kappa shape index (κ3) is 1.86. The second-order valence-electron chi connectivity index (χ2n) is 2.94. The number of halogens is 4. The first kappa shape index (κ1) is 12.5. The SMILES string of the molecule is COc1cnn(C)c1C(=O)C(F)(F)C(F)F. The van der Waals surface area contributed by atoms with Crippen LogP contribution in [0, 0.1) is 0 Å². The van der Waals surface area contributed by atoms with Gasteiger partial charge in [0.15, 0.2) is 11.4 Å². The molecule has 8 heteroatoms. The molecule has 0 N–H and O–H groups in total. The van der Waals surface area contributed by atoms with Crippen LogP contribution in [0.15, 0.2) is 6.20 Å². The number of carbonyl (C=O) groups excluding carboxylic acids is 1. The normalized spacial score (nSPS) is 11.9. The van der Waals surface area contributed by atoms with Gasteiger partial charge in [-0.25, -0.2) is 8.78 Å². The van der Waals surface area contributed by atoms with Gasteiger partial charge in [0.1, 0.15) is 0 Å². The van der Waals surface area contributed by atoms with Crippen LogP contribution in [-0.2, 0) is 7.05 Å². The maximum atomic E-state index is 12.8. The number of carbonyl (C=O) groups is 1. The summed E-state index contributed by atoms with van der Waals surface area (Å²) >= 11 is 0. The van der Waals surface area contributed by atoms with Crippen LogP contribution < -0.4 is 4.74 Å². The number of ether oxygens (including phenoxy) is 1. The van der Waals surface area contributed by atoms with Crippen molar-refractivity contribution in [3.05, 3.63) is 11.9 Å². The summed E-state index contributed by atoms with van der Waals surface area (Å²) in [7, 11) is 2.30. The standard InChI is InChI=1S/C8H8F4N2O2/c1-14-5(4(16-2)3-13-14)6(15)8(11,12)7(9)10/h3,7H,1-2H3. The van der Waals surface area contributed by atoms with Gasteiger partial charge in [0.2, 0.25) is 0 Å². The maximum Gasteiger partial charge on any atom is 0.370 e. The first-order valence-electron chi connectivity index (χ1n) is 4.09. The highest BCUT2D eigenvalue weighted by Gasteiger charge is 2.51. The lowest BCUT2D eigenvalue weighted by atomic mass is 10.1. The van der Waals surface area contributed by atoms with Crippen LogP contribution in [0.5, 0.6) is 5.75 Å². The van der Waals surface area contributed by atoms with E-state index in [1.165, 1.54) is 7.05 Å². The smallest absolute Gasteiger partial charge is 0.370 e. The minimum absolute atomic E-state index is 0.271. The minimum atomic E-state index is -4.75. The molecular formula is C8H8F4N2O2. The number of nitrogens with zero attached hydrogens (tertiary/aromatic N) is 2. The van der Waals surface area contributed by atoms with Gasteiger partial charge >= 0.3 is 12.3 Å². The number of hydrogen-bond acceptors (Lipinski definition) is 3. The van der Waals surface area contributed by atoms with E-state index in [0.717, 1.165) is 18.0 Å². The van der Waals surface area contributed by atoms with Crippen LogP contribution >= 0.6 is 0 Å². The second-order valence-corrected chi connectivity index (χ2v) is 2.94. The highest BCUT2D eigenvalue weighted by Crippen LogP contribution is 2.30. The highest BCUT2D eigenvalue weighted by atomic mass is 19.3. The van der Waals surface area contributed by atoms with Crippen molar-refractivity contribution in [2.75, 3.05) is 7.11 Å². The minimum Gasteiger partial charge on any atom is -0.493 e. The van der Waals surface area contributed by atoms with Crippen molar-refractivity contribution in [1.29, 1.82) is 0 Å². The van der Waals surface area contributed by atoms with Gasteiger partial charge in [-0.15, -0.1) is 0 Å². The average Bonchev–Trinajstić information content (AvgIpc) is 2.57. The third-order valence-corrected chi connectivity index (χ3v) is 1.92. The fourth-order valence-electron chi connectivity index (χ4n) is 1.08. The number of hydrogen-bond donors (Lipinski definition) is 0. The molecule has 1 rings (SSSR count). The summed E-state index contributed by atoms with van der Waals surface area (Å²) in [4.78, 5) is 11.2. The summed E-state index contributed by atoms with van der Waals surface area (Å²) in [6.07, 6.45) is -3.07. The molecule has 0 radical (unpaired) electrons. The zero-order chi connectivity index (χ0) is 12.5. The van der Waals surface area contributed by atoms with E-state index >= 15 is 0 Å². The van der Waals surface area contributed by atoms with Gasteiger partial charge < -0.3 is 4.74 Å². The van der Waals surface area contributed by atoms with E-state index in [9.17, 15) is 22.4 Å². The van der Waals surface area contributed by atoms with Gasteiger partial charge in [0, 0.05) is 7.05 Å². The van der Waals surface area contributed by atoms with Crippen molar-refractivity contribution in [2.45, 2.75) is 12.3 Å². The average molecular weight is 240 g/mol. The second kappa shape index (κ2) is 4.11. The van der Waals surface area contributed by atoms with Crippen molar-refractivity contribution in [3.8, 4) is 5.75 Å². The van der Waals surface area contributed by atoms with Crippen molar-refractivity contribution in [1.82, 2.24) is 9.78 Å². The summed E-state index contributed by atoms with van der Waals surface area (Å²) in [5.74, 6) is -7.03. The largest absolute Gasteiger partial charge is 0.493 e. The highest BCUT2D eigenvalue weighted by molar-refractivity contribution is 6.02. The predicted molar refractivity (Wildman–Crippen MR) is 45.0 cm³/mol. The third-order valence-electron chi connectivity index (χ3n) is 1.92. The van der Waals surface area contributed by atoms with E-state index in [0.29, 0.717) is 0 Å². The lowest BCUT2D eigenvalue weighted by Crippen LogP contribution is -2.37. The molecule has 0 fully saturated rings. The van der Waals surface area contributed by atoms with Gasteiger partial charge in [-0.05, 0) is 0 Å². The number of methoxy groups -OCH3 is 1. The first-order valence-corrected chi connectivity index (χ1v) is 4.09. The van der Waals surface area contributed by atoms with E-state index in [1.54, 1.807) is 0 Å². The molecule has 1 aromatic heterocycles. The molecule has 4 nitrogen and oxygen atoms in total. The molecule has 1 aromatic rings. The predicted octanol–water partition coefficient (Wildman–Crippen LogP) is 1.51. The van der Waals surface area contributed by atoms with Crippen LogP contribution in [-0.4, -0.2) is 35.0 Å². The number of rotatable bonds is 4. The number of aryl methyl sites for hydroxylation is 1. The fourth-order valence-corrected chi connectivity index (χ4v) is 1.08. The summed E-state index contributed by atoms with van der Waals surface area (Å²) in [5.41, 5.74) is -0.687. The lowest BCUT2D eigenvalue weighted by molar-refractivity contribution is -0.0963.